The molecule has 2 fully saturated rings. The number of amides is 1. The van der Waals surface area contributed by atoms with Gasteiger partial charge in [-0.25, -0.2) is 0 Å². The number of aryl methyl sites for hydroxylation is 1. The van der Waals surface area contributed by atoms with Crippen molar-refractivity contribution in [3.8, 4) is 0 Å². The maximum Gasteiger partial charge on any atom is 0.254 e. The highest BCUT2D eigenvalue weighted by molar-refractivity contribution is 5.94. The van der Waals surface area contributed by atoms with Crippen LogP contribution < -0.4 is 5.56 Å². The Morgan fingerprint density at radius 2 is 2.17 bits per heavy atom. The van der Waals surface area contributed by atoms with Crippen molar-refractivity contribution in [1.29, 1.82) is 0 Å². The summed E-state index contributed by atoms with van der Waals surface area (Å²) in [5, 5.41) is 4.07. The first-order valence-corrected chi connectivity index (χ1v) is 7.94. The van der Waals surface area contributed by atoms with Crippen molar-refractivity contribution in [1.82, 2.24) is 19.6 Å². The Kier molecular flexibility index (Phi) is 3.28. The number of hydrogen-bond donors (Lipinski definition) is 0. The van der Waals surface area contributed by atoms with Gasteiger partial charge in [-0.2, -0.15) is 4.98 Å². The molecule has 2 aliphatic rings. The molecule has 23 heavy (non-hydrogen) atoms. The summed E-state index contributed by atoms with van der Waals surface area (Å²) in [6.07, 6.45) is 5.53. The topological polar surface area (TPSA) is 81.2 Å². The fraction of sp³-hybridized carbons (Fsp3) is 0.500. The predicted molar refractivity (Wildman–Crippen MR) is 81.0 cm³/mol. The van der Waals surface area contributed by atoms with E-state index in [4.69, 9.17) is 4.52 Å². The zero-order chi connectivity index (χ0) is 16.0. The number of nitrogens with zero attached hydrogens (tertiary/aromatic N) is 4. The third-order valence-corrected chi connectivity index (χ3v) is 4.55. The Hall–Kier alpha value is -2.44. The van der Waals surface area contributed by atoms with Gasteiger partial charge in [-0.05, 0) is 31.7 Å². The van der Waals surface area contributed by atoms with Crippen molar-refractivity contribution in [2.75, 3.05) is 6.54 Å². The minimum atomic E-state index is -0.192. The average Bonchev–Trinajstić information content (AvgIpc) is 3.09. The molecule has 2 aromatic heterocycles. The van der Waals surface area contributed by atoms with Crippen LogP contribution in [0.5, 0.6) is 0 Å². The number of likely N-dealkylation sites (tertiary alicyclic amines) is 1. The third kappa shape index (κ3) is 2.56. The van der Waals surface area contributed by atoms with Gasteiger partial charge >= 0.3 is 0 Å². The van der Waals surface area contributed by atoms with Crippen LogP contribution in [0.15, 0.2) is 27.6 Å². The summed E-state index contributed by atoms with van der Waals surface area (Å²) in [4.78, 5) is 30.7. The standard InChI is InChI=1S/C16H18N4O3/c1-19-8-6-11(9-13(19)21)16(22)20-7-2-3-12(20)14-17-15(23-18-14)10-4-5-10/h6,8-10,12H,2-5,7H2,1H3. The second-order valence-corrected chi connectivity index (χ2v) is 6.29. The number of aromatic nitrogens is 3. The van der Waals surface area contributed by atoms with Gasteiger partial charge in [-0.3, -0.25) is 9.59 Å². The van der Waals surface area contributed by atoms with Crippen molar-refractivity contribution >= 4 is 5.91 Å². The van der Waals surface area contributed by atoms with E-state index in [9.17, 15) is 9.59 Å². The molecule has 7 nitrogen and oxygen atoms in total. The minimum Gasteiger partial charge on any atom is -0.339 e. The molecule has 1 unspecified atom stereocenters. The normalized spacial score (nSPS) is 20.9. The lowest BCUT2D eigenvalue weighted by atomic mass is 10.2. The molecule has 7 heteroatoms. The molecule has 1 saturated heterocycles. The van der Waals surface area contributed by atoms with Crippen LogP contribution in [0.1, 0.15) is 59.7 Å². The first-order chi connectivity index (χ1) is 11.1. The summed E-state index contributed by atoms with van der Waals surface area (Å²) in [7, 11) is 1.66. The van der Waals surface area contributed by atoms with Gasteiger partial charge in [0.25, 0.3) is 11.5 Å². The summed E-state index contributed by atoms with van der Waals surface area (Å²) >= 11 is 0. The van der Waals surface area contributed by atoms with E-state index in [-0.39, 0.29) is 17.5 Å². The van der Waals surface area contributed by atoms with E-state index in [1.807, 2.05) is 0 Å². The second-order valence-electron chi connectivity index (χ2n) is 6.29. The molecule has 0 bridgehead atoms. The van der Waals surface area contributed by atoms with E-state index in [1.54, 1.807) is 24.2 Å². The van der Waals surface area contributed by atoms with Crippen LogP contribution in [-0.4, -0.2) is 32.1 Å². The van der Waals surface area contributed by atoms with Crippen molar-refractivity contribution in [2.24, 2.45) is 7.05 Å². The van der Waals surface area contributed by atoms with Crippen LogP contribution in [0, 0.1) is 0 Å². The van der Waals surface area contributed by atoms with Gasteiger partial charge in [0.1, 0.15) is 0 Å². The highest BCUT2D eigenvalue weighted by atomic mass is 16.5. The maximum absolute atomic E-state index is 12.7. The Labute approximate surface area is 132 Å². The van der Waals surface area contributed by atoms with E-state index in [0.717, 1.165) is 25.7 Å². The zero-order valence-electron chi connectivity index (χ0n) is 12.9. The molecule has 0 N–H and O–H groups in total. The fourth-order valence-electron chi connectivity index (χ4n) is 3.00. The summed E-state index contributed by atoms with van der Waals surface area (Å²) in [6, 6.07) is 2.89. The van der Waals surface area contributed by atoms with Gasteiger partial charge in [0.15, 0.2) is 5.82 Å². The molecule has 0 radical (unpaired) electrons. The lowest BCUT2D eigenvalue weighted by Gasteiger charge is -2.22. The highest BCUT2D eigenvalue weighted by Gasteiger charge is 2.36. The lowest BCUT2D eigenvalue weighted by molar-refractivity contribution is 0.0728. The smallest absolute Gasteiger partial charge is 0.254 e. The van der Waals surface area contributed by atoms with Crippen molar-refractivity contribution in [3.63, 3.8) is 0 Å². The first kappa shape index (κ1) is 14.2. The SMILES string of the molecule is Cn1ccc(C(=O)N2CCCC2c2noc(C3CC3)n2)cc1=O. The molecule has 2 aromatic rings. The number of carbonyl (C=O) groups excluding carboxylic acids is 1. The third-order valence-electron chi connectivity index (χ3n) is 4.55. The molecule has 1 saturated carbocycles. The first-order valence-electron chi connectivity index (χ1n) is 7.94. The number of rotatable bonds is 3. The summed E-state index contributed by atoms with van der Waals surface area (Å²) < 4.78 is 6.76. The Morgan fingerprint density at radius 1 is 1.35 bits per heavy atom. The lowest BCUT2D eigenvalue weighted by Crippen LogP contribution is -2.32. The van der Waals surface area contributed by atoms with Crippen molar-refractivity contribution < 1.29 is 9.32 Å². The van der Waals surface area contributed by atoms with Crippen LogP contribution >= 0.6 is 0 Å². The van der Waals surface area contributed by atoms with Crippen LogP contribution in [0.2, 0.25) is 0 Å². The van der Waals surface area contributed by atoms with Gasteiger partial charge < -0.3 is 14.0 Å². The number of hydrogen-bond acceptors (Lipinski definition) is 5. The summed E-state index contributed by atoms with van der Waals surface area (Å²) in [5.41, 5.74) is 0.216. The zero-order valence-corrected chi connectivity index (χ0v) is 12.9. The van der Waals surface area contributed by atoms with Crippen molar-refractivity contribution in [2.45, 2.75) is 37.6 Å². The second kappa shape index (κ2) is 5.33. The molecular weight excluding hydrogens is 296 g/mol. The Balaban J connectivity index is 1.59. The molecule has 3 heterocycles. The van der Waals surface area contributed by atoms with Crippen LogP contribution in [-0.2, 0) is 7.05 Å². The number of pyridine rings is 1. The quantitative estimate of drug-likeness (QED) is 0.860. The van der Waals surface area contributed by atoms with Crippen LogP contribution in [0.25, 0.3) is 0 Å². The van der Waals surface area contributed by atoms with E-state index >= 15 is 0 Å². The van der Waals surface area contributed by atoms with Gasteiger partial charge in [0.2, 0.25) is 5.89 Å². The van der Waals surface area contributed by atoms with Crippen LogP contribution in [0.3, 0.4) is 0 Å². The Bertz CT molecular complexity index is 806. The van der Waals surface area contributed by atoms with Crippen LogP contribution in [0.4, 0.5) is 0 Å². The van der Waals surface area contributed by atoms with Crippen molar-refractivity contribution in [3.05, 3.63) is 46.0 Å². The molecule has 1 amide bonds. The molecular formula is C16H18N4O3. The largest absolute Gasteiger partial charge is 0.339 e. The molecule has 4 rings (SSSR count). The van der Waals surface area contributed by atoms with Gasteiger partial charge in [-0.15, -0.1) is 0 Å². The van der Waals surface area contributed by atoms with E-state index in [0.29, 0.717) is 29.7 Å². The summed E-state index contributed by atoms with van der Waals surface area (Å²) in [6.45, 7) is 0.645. The summed E-state index contributed by atoms with van der Waals surface area (Å²) in [5.74, 6) is 1.52. The predicted octanol–water partition coefficient (Wildman–Crippen LogP) is 1.62. The van der Waals surface area contributed by atoms with E-state index in [2.05, 4.69) is 10.1 Å². The average molecular weight is 314 g/mol. The number of carbonyl (C=O) groups is 1. The molecule has 120 valence electrons. The minimum absolute atomic E-state index is 0.150. The highest BCUT2D eigenvalue weighted by Crippen LogP contribution is 2.40. The maximum atomic E-state index is 12.7. The molecule has 1 atom stereocenters. The monoisotopic (exact) mass is 314 g/mol. The fourth-order valence-corrected chi connectivity index (χ4v) is 3.00. The molecule has 0 spiro atoms. The van der Waals surface area contributed by atoms with E-state index < -0.39 is 0 Å². The molecule has 0 aromatic carbocycles. The van der Waals surface area contributed by atoms with Gasteiger partial charge in [-0.1, -0.05) is 5.16 Å². The molecule has 1 aliphatic heterocycles. The Morgan fingerprint density at radius 3 is 2.91 bits per heavy atom. The van der Waals surface area contributed by atoms with Gasteiger partial charge in [0.05, 0.1) is 6.04 Å². The van der Waals surface area contributed by atoms with E-state index in [1.165, 1.54) is 10.6 Å². The molecule has 1 aliphatic carbocycles. The van der Waals surface area contributed by atoms with Gasteiger partial charge in [0, 0.05) is 37.3 Å².